The van der Waals surface area contributed by atoms with Crippen LogP contribution in [0.15, 0.2) is 42.6 Å². The van der Waals surface area contributed by atoms with Gasteiger partial charge < -0.3 is 4.74 Å². The zero-order valence-electron chi connectivity index (χ0n) is 16.6. The van der Waals surface area contributed by atoms with Crippen LogP contribution in [-0.4, -0.2) is 25.5 Å². The Balaban J connectivity index is 1.48. The molecule has 0 saturated heterocycles. The Kier molecular flexibility index (Phi) is 7.03. The Labute approximate surface area is 180 Å². The second-order valence-corrected chi connectivity index (χ2v) is 9.30. The predicted octanol–water partition coefficient (Wildman–Crippen LogP) is 4.93. The number of halogens is 6. The molecule has 176 valence electrons. The lowest BCUT2D eigenvalue weighted by Crippen LogP contribution is -2.40. The summed E-state index contributed by atoms with van der Waals surface area (Å²) in [7, 11) is -3.77. The highest BCUT2D eigenvalue weighted by atomic mass is 32.2. The number of nitrogens with zero attached hydrogens (tertiary/aromatic N) is 1. The Morgan fingerprint density at radius 2 is 1.44 bits per heavy atom. The Bertz CT molecular complexity index is 998. The topological polar surface area (TPSA) is 68.3 Å². The molecule has 32 heavy (non-hydrogen) atoms. The smallest absolute Gasteiger partial charge is 0.417 e. The van der Waals surface area contributed by atoms with Gasteiger partial charge in [-0.1, -0.05) is 12.1 Å². The van der Waals surface area contributed by atoms with Gasteiger partial charge in [0, 0.05) is 18.3 Å². The summed E-state index contributed by atoms with van der Waals surface area (Å²) in [6.07, 6.45) is -6.78. The zero-order chi connectivity index (χ0) is 23.6. The summed E-state index contributed by atoms with van der Waals surface area (Å²) < 4.78 is 108. The number of hydrogen-bond acceptors (Lipinski definition) is 4. The summed E-state index contributed by atoms with van der Waals surface area (Å²) in [5.41, 5.74) is -1.50. The van der Waals surface area contributed by atoms with E-state index in [-0.39, 0.29) is 23.6 Å². The molecule has 0 unspecified atom stereocenters. The third-order valence-corrected chi connectivity index (χ3v) is 6.42. The van der Waals surface area contributed by atoms with Gasteiger partial charge in [-0.15, -0.1) is 0 Å². The first-order valence-corrected chi connectivity index (χ1v) is 11.3. The number of aromatic nitrogens is 1. The van der Waals surface area contributed by atoms with Crippen molar-refractivity contribution in [1.82, 2.24) is 9.71 Å². The third kappa shape index (κ3) is 6.83. The van der Waals surface area contributed by atoms with Crippen molar-refractivity contribution in [3.05, 3.63) is 59.3 Å². The van der Waals surface area contributed by atoms with E-state index in [4.69, 9.17) is 4.74 Å². The average molecular weight is 482 g/mol. The molecule has 12 heteroatoms. The second kappa shape index (κ2) is 9.26. The van der Waals surface area contributed by atoms with Crippen LogP contribution in [0.1, 0.15) is 42.4 Å². The quantitative estimate of drug-likeness (QED) is 0.593. The predicted molar refractivity (Wildman–Crippen MR) is 103 cm³/mol. The molecule has 1 aliphatic rings. The molecule has 1 heterocycles. The molecule has 1 aromatic carbocycles. The molecule has 0 amide bonds. The summed E-state index contributed by atoms with van der Waals surface area (Å²) in [5.74, 6) is -0.388. The van der Waals surface area contributed by atoms with Crippen LogP contribution in [0.3, 0.4) is 0 Å². The molecule has 1 N–H and O–H groups in total. The Morgan fingerprint density at radius 1 is 0.875 bits per heavy atom. The van der Waals surface area contributed by atoms with E-state index in [9.17, 15) is 34.8 Å². The van der Waals surface area contributed by atoms with Crippen LogP contribution >= 0.6 is 0 Å². The van der Waals surface area contributed by atoms with Crippen LogP contribution in [0.4, 0.5) is 26.3 Å². The summed E-state index contributed by atoms with van der Waals surface area (Å²) >= 11 is 0. The highest BCUT2D eigenvalue weighted by Crippen LogP contribution is 2.31. The summed E-state index contributed by atoms with van der Waals surface area (Å²) in [6.45, 7) is 0. The van der Waals surface area contributed by atoms with Gasteiger partial charge in [0.05, 0.1) is 16.9 Å². The van der Waals surface area contributed by atoms with Crippen molar-refractivity contribution in [3.63, 3.8) is 0 Å². The van der Waals surface area contributed by atoms with Crippen molar-refractivity contribution in [2.45, 2.75) is 55.9 Å². The largest absolute Gasteiger partial charge is 0.474 e. The fourth-order valence-electron chi connectivity index (χ4n) is 3.39. The fraction of sp³-hybridized carbons (Fsp3) is 0.450. The number of pyridine rings is 1. The normalized spacial score (nSPS) is 20.2. The Hall–Kier alpha value is -2.34. The number of nitrogens with one attached hydrogen (secondary N) is 1. The van der Waals surface area contributed by atoms with Crippen molar-refractivity contribution in [1.29, 1.82) is 0 Å². The van der Waals surface area contributed by atoms with E-state index in [1.807, 2.05) is 0 Å². The van der Waals surface area contributed by atoms with Crippen LogP contribution in [0.5, 0.6) is 5.88 Å². The van der Waals surface area contributed by atoms with Crippen LogP contribution in [-0.2, 0) is 28.1 Å². The highest BCUT2D eigenvalue weighted by Gasteiger charge is 2.32. The summed E-state index contributed by atoms with van der Waals surface area (Å²) in [4.78, 5) is 3.66. The minimum atomic E-state index is -4.49. The van der Waals surface area contributed by atoms with E-state index < -0.39 is 39.3 Å². The van der Waals surface area contributed by atoms with Gasteiger partial charge in [0.15, 0.2) is 0 Å². The molecule has 1 fully saturated rings. The number of sulfonamides is 1. The van der Waals surface area contributed by atoms with Crippen molar-refractivity contribution < 1.29 is 39.5 Å². The average Bonchev–Trinajstić information content (AvgIpc) is 2.68. The van der Waals surface area contributed by atoms with E-state index in [1.54, 1.807) is 0 Å². The molecule has 1 aliphatic carbocycles. The van der Waals surface area contributed by atoms with E-state index in [1.165, 1.54) is 0 Å². The lowest BCUT2D eigenvalue weighted by Gasteiger charge is -2.29. The first-order chi connectivity index (χ1) is 14.8. The molecule has 1 aromatic heterocycles. The number of alkyl halides is 6. The number of ether oxygens (including phenoxy) is 1. The molecular weight excluding hydrogens is 462 g/mol. The zero-order valence-corrected chi connectivity index (χ0v) is 17.4. The minimum absolute atomic E-state index is 0.0596. The molecule has 0 aliphatic heterocycles. The van der Waals surface area contributed by atoms with Gasteiger partial charge in [0.1, 0.15) is 6.10 Å². The van der Waals surface area contributed by atoms with E-state index >= 15 is 0 Å². The molecule has 0 spiro atoms. The lowest BCUT2D eigenvalue weighted by molar-refractivity contribution is -0.138. The van der Waals surface area contributed by atoms with Gasteiger partial charge in [0.2, 0.25) is 15.9 Å². The van der Waals surface area contributed by atoms with Gasteiger partial charge in [-0.05, 0) is 49.4 Å². The molecular formula is C20H20F6N2O3S. The van der Waals surface area contributed by atoms with Gasteiger partial charge in [-0.3, -0.25) is 0 Å². The maximum Gasteiger partial charge on any atom is 0.417 e. The molecule has 1 saturated carbocycles. The van der Waals surface area contributed by atoms with Gasteiger partial charge in [0.25, 0.3) is 0 Å². The SMILES string of the molecule is O=S(=O)(Cc1ccc(C(F)(F)F)cc1)NC1CCC(Oc2ccc(C(F)(F)F)cn2)CC1. The molecule has 3 rings (SSSR count). The molecule has 0 bridgehead atoms. The summed E-state index contributed by atoms with van der Waals surface area (Å²) in [6, 6.07) is 5.58. The maximum atomic E-state index is 12.6. The Morgan fingerprint density at radius 3 is 1.94 bits per heavy atom. The maximum absolute atomic E-state index is 12.6. The second-order valence-electron chi connectivity index (χ2n) is 7.55. The van der Waals surface area contributed by atoms with Crippen LogP contribution < -0.4 is 9.46 Å². The summed E-state index contributed by atoms with van der Waals surface area (Å²) in [5, 5.41) is 0. The van der Waals surface area contributed by atoms with E-state index in [0.29, 0.717) is 31.9 Å². The highest BCUT2D eigenvalue weighted by molar-refractivity contribution is 7.88. The standard InChI is InChI=1S/C20H20F6N2O3S/c21-19(22,23)14-3-1-13(2-4-14)12-32(29,30)28-16-6-8-17(9-7-16)31-18-10-5-15(11-27-18)20(24,25)26/h1-5,10-11,16-17,28H,6-9,12H2. The van der Waals surface area contributed by atoms with Crippen LogP contribution in [0.25, 0.3) is 0 Å². The molecule has 0 atom stereocenters. The molecule has 5 nitrogen and oxygen atoms in total. The van der Waals surface area contributed by atoms with Crippen molar-refractivity contribution in [2.75, 3.05) is 0 Å². The van der Waals surface area contributed by atoms with Gasteiger partial charge in [-0.25, -0.2) is 18.1 Å². The van der Waals surface area contributed by atoms with E-state index in [0.717, 1.165) is 36.4 Å². The lowest BCUT2D eigenvalue weighted by atomic mass is 9.94. The third-order valence-electron chi connectivity index (χ3n) is 5.01. The number of rotatable bonds is 6. The van der Waals surface area contributed by atoms with Crippen LogP contribution in [0.2, 0.25) is 0 Å². The monoisotopic (exact) mass is 482 g/mol. The number of hydrogen-bond donors (Lipinski definition) is 1. The first kappa shape index (κ1) is 24.3. The first-order valence-electron chi connectivity index (χ1n) is 9.68. The van der Waals surface area contributed by atoms with Crippen molar-refractivity contribution in [3.8, 4) is 5.88 Å². The van der Waals surface area contributed by atoms with Crippen molar-refractivity contribution >= 4 is 10.0 Å². The van der Waals surface area contributed by atoms with Gasteiger partial charge in [-0.2, -0.15) is 26.3 Å². The molecule has 2 aromatic rings. The molecule has 0 radical (unpaired) electrons. The number of benzene rings is 1. The van der Waals surface area contributed by atoms with Gasteiger partial charge >= 0.3 is 12.4 Å². The fourth-order valence-corrected chi connectivity index (χ4v) is 4.85. The van der Waals surface area contributed by atoms with E-state index in [2.05, 4.69) is 9.71 Å². The minimum Gasteiger partial charge on any atom is -0.474 e. The van der Waals surface area contributed by atoms with Crippen LogP contribution in [0, 0.1) is 0 Å². The van der Waals surface area contributed by atoms with Crippen molar-refractivity contribution in [2.24, 2.45) is 0 Å².